The number of methoxy groups -OCH3 is 1. The Morgan fingerprint density at radius 3 is 2.41 bits per heavy atom. The number of rotatable bonds is 9. The highest BCUT2D eigenvalue weighted by Crippen LogP contribution is 2.28. The molecule has 0 unspecified atom stereocenters. The smallest absolute Gasteiger partial charge is 0.306 e. The SMILES string of the molecule is COc1cc([N+](=O)[O-])ccc1NC(=O)COC(=O)CCC(=O)c1ccc(F)cc1. The molecule has 10 heteroatoms. The molecule has 0 saturated heterocycles. The van der Waals surface area contributed by atoms with Crippen LogP contribution in [-0.4, -0.2) is 36.3 Å². The highest BCUT2D eigenvalue weighted by molar-refractivity contribution is 5.98. The second-order valence-electron chi connectivity index (χ2n) is 5.78. The quantitative estimate of drug-likeness (QED) is 0.295. The number of carbonyl (C=O) groups excluding carboxylic acids is 3. The lowest BCUT2D eigenvalue weighted by Gasteiger charge is -2.10. The standard InChI is InChI=1S/C19H17FN2O7/c1-28-17-10-14(22(26)27)6-7-15(17)21-18(24)11-29-19(25)9-8-16(23)12-2-4-13(20)5-3-12/h2-7,10H,8-9,11H2,1H3,(H,21,24). The van der Waals surface area contributed by atoms with Gasteiger partial charge < -0.3 is 14.8 Å². The van der Waals surface area contributed by atoms with Crippen molar-refractivity contribution in [1.82, 2.24) is 0 Å². The first-order chi connectivity index (χ1) is 13.8. The maximum Gasteiger partial charge on any atom is 0.306 e. The predicted octanol–water partition coefficient (Wildman–Crippen LogP) is 2.89. The fourth-order valence-electron chi connectivity index (χ4n) is 2.30. The average Bonchev–Trinajstić information content (AvgIpc) is 2.71. The van der Waals surface area contributed by atoms with Gasteiger partial charge in [0.05, 0.1) is 30.2 Å². The highest BCUT2D eigenvalue weighted by atomic mass is 19.1. The molecule has 0 spiro atoms. The zero-order valence-electron chi connectivity index (χ0n) is 15.3. The molecule has 2 aromatic carbocycles. The average molecular weight is 404 g/mol. The van der Waals surface area contributed by atoms with Crippen LogP contribution in [0.15, 0.2) is 42.5 Å². The van der Waals surface area contributed by atoms with Crippen molar-refractivity contribution in [1.29, 1.82) is 0 Å². The molecule has 2 aromatic rings. The monoisotopic (exact) mass is 404 g/mol. The molecule has 152 valence electrons. The van der Waals surface area contributed by atoms with Crippen LogP contribution in [0.4, 0.5) is 15.8 Å². The molecule has 0 aliphatic rings. The van der Waals surface area contributed by atoms with Crippen LogP contribution in [0.5, 0.6) is 5.75 Å². The first kappa shape index (κ1) is 21.5. The second-order valence-corrected chi connectivity index (χ2v) is 5.78. The third kappa shape index (κ3) is 6.38. The summed E-state index contributed by atoms with van der Waals surface area (Å²) in [7, 11) is 1.28. The molecule has 0 aromatic heterocycles. The Bertz CT molecular complexity index is 929. The Morgan fingerprint density at radius 1 is 1.10 bits per heavy atom. The maximum absolute atomic E-state index is 12.8. The number of esters is 1. The Hall–Kier alpha value is -3.82. The summed E-state index contributed by atoms with van der Waals surface area (Å²) in [5, 5.41) is 13.2. The van der Waals surface area contributed by atoms with Gasteiger partial charge in [0.2, 0.25) is 0 Å². The number of nitro benzene ring substituents is 1. The molecule has 2 rings (SSSR count). The summed E-state index contributed by atoms with van der Waals surface area (Å²) >= 11 is 0. The molecule has 0 bridgehead atoms. The van der Waals surface area contributed by atoms with Crippen molar-refractivity contribution >= 4 is 29.0 Å². The molecule has 0 heterocycles. The van der Waals surface area contributed by atoms with Gasteiger partial charge in [0.25, 0.3) is 11.6 Å². The number of ketones is 1. The number of hydrogen-bond acceptors (Lipinski definition) is 7. The van der Waals surface area contributed by atoms with Crippen LogP contribution in [-0.2, 0) is 14.3 Å². The fourth-order valence-corrected chi connectivity index (χ4v) is 2.30. The number of hydrogen-bond donors (Lipinski definition) is 1. The van der Waals surface area contributed by atoms with Gasteiger partial charge >= 0.3 is 5.97 Å². The lowest BCUT2D eigenvalue weighted by molar-refractivity contribution is -0.384. The molecule has 0 radical (unpaired) electrons. The van der Waals surface area contributed by atoms with E-state index >= 15 is 0 Å². The van der Waals surface area contributed by atoms with Gasteiger partial charge in [-0.2, -0.15) is 0 Å². The zero-order chi connectivity index (χ0) is 21.4. The van der Waals surface area contributed by atoms with Crippen LogP contribution >= 0.6 is 0 Å². The number of halogens is 1. The Morgan fingerprint density at radius 2 is 1.79 bits per heavy atom. The number of carbonyl (C=O) groups is 3. The van der Waals surface area contributed by atoms with Gasteiger partial charge in [-0.1, -0.05) is 0 Å². The van der Waals surface area contributed by atoms with E-state index in [0.717, 1.165) is 18.2 Å². The van der Waals surface area contributed by atoms with Crippen LogP contribution in [0, 0.1) is 15.9 Å². The first-order valence-electron chi connectivity index (χ1n) is 8.37. The predicted molar refractivity (Wildman–Crippen MR) is 99.2 cm³/mol. The van der Waals surface area contributed by atoms with Crippen LogP contribution < -0.4 is 10.1 Å². The van der Waals surface area contributed by atoms with E-state index in [9.17, 15) is 28.9 Å². The number of ether oxygens (including phenoxy) is 2. The summed E-state index contributed by atoms with van der Waals surface area (Å²) in [4.78, 5) is 45.7. The van der Waals surface area contributed by atoms with E-state index in [1.807, 2.05) is 0 Å². The van der Waals surface area contributed by atoms with E-state index < -0.39 is 29.2 Å². The number of anilines is 1. The Kier molecular flexibility index (Phi) is 7.35. The molecular formula is C19H17FN2O7. The van der Waals surface area contributed by atoms with Gasteiger partial charge in [-0.15, -0.1) is 0 Å². The molecule has 0 aliphatic carbocycles. The molecule has 0 saturated carbocycles. The summed E-state index contributed by atoms with van der Waals surface area (Å²) in [6.45, 7) is -0.607. The third-order valence-electron chi connectivity index (χ3n) is 3.76. The number of benzene rings is 2. The van der Waals surface area contributed by atoms with Gasteiger partial charge in [-0.05, 0) is 30.3 Å². The van der Waals surface area contributed by atoms with Crippen molar-refractivity contribution in [2.24, 2.45) is 0 Å². The van der Waals surface area contributed by atoms with Crippen LogP contribution in [0.25, 0.3) is 0 Å². The zero-order valence-corrected chi connectivity index (χ0v) is 15.3. The number of Topliss-reactive ketones (excluding diaryl/α,β-unsaturated/α-hetero) is 1. The van der Waals surface area contributed by atoms with Crippen molar-refractivity contribution in [3.8, 4) is 5.75 Å². The van der Waals surface area contributed by atoms with E-state index in [0.29, 0.717) is 0 Å². The molecule has 0 fully saturated rings. The summed E-state index contributed by atoms with van der Waals surface area (Å²) < 4.78 is 22.6. The largest absolute Gasteiger partial charge is 0.494 e. The normalized spacial score (nSPS) is 10.1. The van der Waals surface area contributed by atoms with Gasteiger partial charge in [0.15, 0.2) is 12.4 Å². The first-order valence-corrected chi connectivity index (χ1v) is 8.37. The van der Waals surface area contributed by atoms with Crippen molar-refractivity contribution in [3.05, 3.63) is 64.0 Å². The Labute approximate surface area is 164 Å². The maximum atomic E-state index is 12.8. The van der Waals surface area contributed by atoms with Crippen LogP contribution in [0.2, 0.25) is 0 Å². The minimum atomic E-state index is -0.758. The lowest BCUT2D eigenvalue weighted by atomic mass is 10.1. The number of amides is 1. The summed E-state index contributed by atoms with van der Waals surface area (Å²) in [6.07, 6.45) is -0.396. The molecule has 29 heavy (non-hydrogen) atoms. The van der Waals surface area contributed by atoms with E-state index in [4.69, 9.17) is 9.47 Å². The minimum absolute atomic E-state index is 0.0729. The van der Waals surface area contributed by atoms with Crippen LogP contribution in [0.1, 0.15) is 23.2 Å². The number of nitro groups is 1. The fraction of sp³-hybridized carbons (Fsp3) is 0.211. The number of nitrogens with zero attached hydrogens (tertiary/aromatic N) is 1. The summed E-state index contributed by atoms with van der Waals surface area (Å²) in [5.41, 5.74) is 0.227. The number of nitrogens with one attached hydrogen (secondary N) is 1. The van der Waals surface area contributed by atoms with E-state index in [1.165, 1.54) is 31.4 Å². The lowest BCUT2D eigenvalue weighted by Crippen LogP contribution is -2.21. The highest BCUT2D eigenvalue weighted by Gasteiger charge is 2.15. The summed E-state index contributed by atoms with van der Waals surface area (Å²) in [5.74, 6) is -2.20. The van der Waals surface area contributed by atoms with Crippen molar-refractivity contribution in [3.63, 3.8) is 0 Å². The van der Waals surface area contributed by atoms with E-state index in [2.05, 4.69) is 5.32 Å². The minimum Gasteiger partial charge on any atom is -0.494 e. The molecule has 0 aliphatic heterocycles. The van der Waals surface area contributed by atoms with Gasteiger partial charge in [0.1, 0.15) is 11.6 Å². The van der Waals surface area contributed by atoms with Crippen LogP contribution in [0.3, 0.4) is 0 Å². The topological polar surface area (TPSA) is 125 Å². The van der Waals surface area contributed by atoms with E-state index in [1.54, 1.807) is 0 Å². The molecule has 1 amide bonds. The van der Waals surface area contributed by atoms with Crippen molar-refractivity contribution in [2.75, 3.05) is 19.0 Å². The van der Waals surface area contributed by atoms with Gasteiger partial charge in [-0.25, -0.2) is 4.39 Å². The van der Waals surface area contributed by atoms with Gasteiger partial charge in [0, 0.05) is 18.1 Å². The van der Waals surface area contributed by atoms with E-state index in [-0.39, 0.29) is 41.3 Å². The molecular weight excluding hydrogens is 387 g/mol. The van der Waals surface area contributed by atoms with Crippen molar-refractivity contribution in [2.45, 2.75) is 12.8 Å². The molecule has 1 N–H and O–H groups in total. The Balaban J connectivity index is 1.81. The number of non-ortho nitro benzene ring substituents is 1. The van der Waals surface area contributed by atoms with Crippen molar-refractivity contribution < 1.29 is 33.2 Å². The second kappa shape index (κ2) is 9.93. The van der Waals surface area contributed by atoms with Gasteiger partial charge in [-0.3, -0.25) is 24.5 Å². The molecule has 9 nitrogen and oxygen atoms in total. The third-order valence-corrected chi connectivity index (χ3v) is 3.76. The molecule has 0 atom stereocenters. The summed E-state index contributed by atoms with van der Waals surface area (Å²) in [6, 6.07) is 8.53.